The molecule has 0 aromatic heterocycles. The third-order valence-corrected chi connectivity index (χ3v) is 3.57. The van der Waals surface area contributed by atoms with Gasteiger partial charge in [0, 0.05) is 12.6 Å². The Morgan fingerprint density at radius 3 is 2.36 bits per heavy atom. The van der Waals surface area contributed by atoms with Crippen molar-refractivity contribution in [3.05, 3.63) is 23.8 Å². The van der Waals surface area contributed by atoms with Crippen molar-refractivity contribution in [1.29, 1.82) is 0 Å². The van der Waals surface area contributed by atoms with Crippen LogP contribution in [0.25, 0.3) is 6.08 Å². The van der Waals surface area contributed by atoms with Crippen LogP contribution >= 0.6 is 0 Å². The van der Waals surface area contributed by atoms with E-state index in [9.17, 15) is 9.90 Å². The van der Waals surface area contributed by atoms with Crippen molar-refractivity contribution in [3.63, 3.8) is 0 Å². The zero-order valence-electron chi connectivity index (χ0n) is 15.0. The lowest BCUT2D eigenvalue weighted by atomic mass is 10.1. The fourth-order valence-electron chi connectivity index (χ4n) is 2.19. The molecule has 0 spiro atoms. The van der Waals surface area contributed by atoms with Gasteiger partial charge in [0.25, 0.3) is 0 Å². The fourth-order valence-corrected chi connectivity index (χ4v) is 2.19. The number of hydrogen-bond acceptors (Lipinski definition) is 6. The smallest absolute Gasteiger partial charge is 0.243 e. The maximum atomic E-state index is 11.8. The van der Waals surface area contributed by atoms with Gasteiger partial charge in [0.1, 0.15) is 0 Å². The summed E-state index contributed by atoms with van der Waals surface area (Å²) in [5, 5.41) is 16.0. The van der Waals surface area contributed by atoms with Gasteiger partial charge in [0.2, 0.25) is 11.7 Å². The fraction of sp³-hybridized carbons (Fsp3) is 0.500. The quantitative estimate of drug-likeness (QED) is 0.334. The SMILES string of the molecule is COc1cc(/C=C/C(=O)NCCCNCCCCN)cc(OC)c1O. The highest BCUT2D eigenvalue weighted by Crippen LogP contribution is 2.37. The number of nitrogens with two attached hydrogens (primary N) is 1. The van der Waals surface area contributed by atoms with Gasteiger partial charge in [-0.1, -0.05) is 0 Å². The van der Waals surface area contributed by atoms with E-state index >= 15 is 0 Å². The first-order valence-electron chi connectivity index (χ1n) is 8.44. The van der Waals surface area contributed by atoms with Crippen molar-refractivity contribution >= 4 is 12.0 Å². The monoisotopic (exact) mass is 351 g/mol. The summed E-state index contributed by atoms with van der Waals surface area (Å²) in [6.07, 6.45) is 6.06. The highest BCUT2D eigenvalue weighted by atomic mass is 16.5. The van der Waals surface area contributed by atoms with E-state index < -0.39 is 0 Å². The molecule has 0 heterocycles. The van der Waals surface area contributed by atoms with Crippen molar-refractivity contribution in [1.82, 2.24) is 10.6 Å². The Morgan fingerprint density at radius 1 is 1.12 bits per heavy atom. The van der Waals surface area contributed by atoms with Crippen LogP contribution < -0.4 is 25.8 Å². The first-order chi connectivity index (χ1) is 12.1. The highest BCUT2D eigenvalue weighted by molar-refractivity contribution is 5.91. The van der Waals surface area contributed by atoms with Crippen molar-refractivity contribution in [2.75, 3.05) is 40.4 Å². The molecule has 0 saturated heterocycles. The first-order valence-corrected chi connectivity index (χ1v) is 8.44. The molecule has 0 bridgehead atoms. The molecule has 7 nitrogen and oxygen atoms in total. The molecule has 0 radical (unpaired) electrons. The third kappa shape index (κ3) is 7.91. The highest BCUT2D eigenvalue weighted by Gasteiger charge is 2.10. The van der Waals surface area contributed by atoms with Gasteiger partial charge in [-0.15, -0.1) is 0 Å². The van der Waals surface area contributed by atoms with E-state index in [0.717, 1.165) is 38.9 Å². The lowest BCUT2D eigenvalue weighted by Gasteiger charge is -2.09. The van der Waals surface area contributed by atoms with E-state index in [4.69, 9.17) is 15.2 Å². The standard InChI is InChI=1S/C18H29N3O4/c1-24-15-12-14(13-16(25-2)18(15)23)6-7-17(22)21-11-5-10-20-9-4-3-8-19/h6-7,12-13,20,23H,3-5,8-11,19H2,1-2H3,(H,21,22)/b7-6+. The van der Waals surface area contributed by atoms with Crippen LogP contribution in [0.5, 0.6) is 17.2 Å². The molecule has 25 heavy (non-hydrogen) atoms. The Bertz CT molecular complexity index is 536. The van der Waals surface area contributed by atoms with Gasteiger partial charge in [-0.05, 0) is 62.7 Å². The molecule has 0 aliphatic heterocycles. The van der Waals surface area contributed by atoms with Gasteiger partial charge in [0.15, 0.2) is 11.5 Å². The summed E-state index contributed by atoms with van der Waals surface area (Å²) in [6.45, 7) is 3.15. The van der Waals surface area contributed by atoms with Gasteiger partial charge < -0.3 is 30.9 Å². The van der Waals surface area contributed by atoms with Gasteiger partial charge in [0.05, 0.1) is 14.2 Å². The topological polar surface area (TPSA) is 106 Å². The second kappa shape index (κ2) is 12.2. The van der Waals surface area contributed by atoms with Crippen molar-refractivity contribution in [2.24, 2.45) is 5.73 Å². The molecular weight excluding hydrogens is 322 g/mol. The van der Waals surface area contributed by atoms with Crippen LogP contribution in [0.4, 0.5) is 0 Å². The molecule has 0 aliphatic carbocycles. The molecular formula is C18H29N3O4. The van der Waals surface area contributed by atoms with E-state index in [1.165, 1.54) is 20.3 Å². The summed E-state index contributed by atoms with van der Waals surface area (Å²) in [5.74, 6) is 0.347. The molecule has 140 valence electrons. The third-order valence-electron chi connectivity index (χ3n) is 3.57. The number of benzene rings is 1. The van der Waals surface area contributed by atoms with Crippen LogP contribution in [0.1, 0.15) is 24.8 Å². The molecule has 1 aromatic carbocycles. The lowest BCUT2D eigenvalue weighted by Crippen LogP contribution is -2.26. The minimum absolute atomic E-state index is 0.0643. The molecule has 0 fully saturated rings. The Hall–Kier alpha value is -2.25. The number of phenolic OH excluding ortho intramolecular Hbond substituents is 1. The Kier molecular flexibility index (Phi) is 10.1. The first kappa shape index (κ1) is 20.8. The molecule has 7 heteroatoms. The Labute approximate surface area is 149 Å². The molecule has 0 unspecified atom stereocenters. The van der Waals surface area contributed by atoms with Crippen LogP contribution in [-0.4, -0.2) is 51.4 Å². The zero-order chi connectivity index (χ0) is 18.5. The van der Waals surface area contributed by atoms with E-state index in [2.05, 4.69) is 10.6 Å². The van der Waals surface area contributed by atoms with Crippen molar-refractivity contribution < 1.29 is 19.4 Å². The van der Waals surface area contributed by atoms with E-state index in [-0.39, 0.29) is 11.7 Å². The molecule has 1 aromatic rings. The summed E-state index contributed by atoms with van der Waals surface area (Å²) in [4.78, 5) is 11.8. The minimum Gasteiger partial charge on any atom is -0.502 e. The zero-order valence-corrected chi connectivity index (χ0v) is 15.0. The molecule has 0 aliphatic rings. The molecule has 1 rings (SSSR count). The van der Waals surface area contributed by atoms with Crippen molar-refractivity contribution in [3.8, 4) is 17.2 Å². The van der Waals surface area contributed by atoms with Gasteiger partial charge in [-0.3, -0.25) is 4.79 Å². The molecule has 5 N–H and O–H groups in total. The van der Waals surface area contributed by atoms with Crippen LogP contribution in [0, 0.1) is 0 Å². The summed E-state index contributed by atoms with van der Waals surface area (Å²) in [6, 6.07) is 3.26. The number of ether oxygens (including phenoxy) is 2. The number of carbonyl (C=O) groups excluding carboxylic acids is 1. The van der Waals surface area contributed by atoms with Crippen LogP contribution in [0.3, 0.4) is 0 Å². The number of unbranched alkanes of at least 4 members (excludes halogenated alkanes) is 1. The number of aromatic hydroxyl groups is 1. The van der Waals surface area contributed by atoms with Crippen molar-refractivity contribution in [2.45, 2.75) is 19.3 Å². The summed E-state index contributed by atoms with van der Waals surface area (Å²) in [5.41, 5.74) is 6.12. The van der Waals surface area contributed by atoms with Crippen LogP contribution in [-0.2, 0) is 4.79 Å². The predicted octanol–water partition coefficient (Wildman–Crippen LogP) is 1.26. The second-order valence-corrected chi connectivity index (χ2v) is 5.50. The summed E-state index contributed by atoms with van der Waals surface area (Å²) >= 11 is 0. The predicted molar refractivity (Wildman–Crippen MR) is 99.0 cm³/mol. The van der Waals surface area contributed by atoms with E-state index in [1.54, 1.807) is 18.2 Å². The summed E-state index contributed by atoms with van der Waals surface area (Å²) in [7, 11) is 2.91. The molecule has 0 atom stereocenters. The Morgan fingerprint density at radius 2 is 1.76 bits per heavy atom. The van der Waals surface area contributed by atoms with Crippen LogP contribution in [0.15, 0.2) is 18.2 Å². The molecule has 0 saturated carbocycles. The maximum Gasteiger partial charge on any atom is 0.243 e. The van der Waals surface area contributed by atoms with Gasteiger partial charge >= 0.3 is 0 Å². The maximum absolute atomic E-state index is 11.8. The van der Waals surface area contributed by atoms with E-state index in [0.29, 0.717) is 23.6 Å². The number of methoxy groups -OCH3 is 2. The average Bonchev–Trinajstić information content (AvgIpc) is 2.62. The largest absolute Gasteiger partial charge is 0.502 e. The molecule has 1 amide bonds. The number of amides is 1. The number of rotatable bonds is 12. The lowest BCUT2D eigenvalue weighted by molar-refractivity contribution is -0.116. The normalized spacial score (nSPS) is 10.8. The minimum atomic E-state index is -0.172. The Balaban J connectivity index is 2.37. The number of phenols is 1. The average molecular weight is 351 g/mol. The number of nitrogens with one attached hydrogen (secondary N) is 2. The summed E-state index contributed by atoms with van der Waals surface area (Å²) < 4.78 is 10.2. The number of hydrogen-bond donors (Lipinski definition) is 4. The number of carbonyl (C=O) groups is 1. The second-order valence-electron chi connectivity index (χ2n) is 5.50. The van der Waals surface area contributed by atoms with Gasteiger partial charge in [-0.2, -0.15) is 0 Å². The van der Waals surface area contributed by atoms with Crippen LogP contribution in [0.2, 0.25) is 0 Å². The van der Waals surface area contributed by atoms with E-state index in [1.807, 2.05) is 0 Å². The van der Waals surface area contributed by atoms with Gasteiger partial charge in [-0.25, -0.2) is 0 Å².